The molecule has 0 radical (unpaired) electrons. The van der Waals surface area contributed by atoms with Gasteiger partial charge in [0.2, 0.25) is 0 Å². The average molecular weight is 182 g/mol. The second kappa shape index (κ2) is 2.84. The fourth-order valence-electron chi connectivity index (χ4n) is 2.98. The Balaban J connectivity index is 2.90. The maximum absolute atomic E-state index is 6.03. The molecule has 1 rings (SSSR count). The Morgan fingerprint density at radius 1 is 1.08 bits per heavy atom. The molecule has 0 amide bonds. The van der Waals surface area contributed by atoms with Gasteiger partial charge in [-0.1, -0.05) is 19.9 Å². The van der Waals surface area contributed by atoms with Crippen molar-refractivity contribution < 1.29 is 4.74 Å². The summed E-state index contributed by atoms with van der Waals surface area (Å²) >= 11 is 0. The molecule has 0 saturated carbocycles. The lowest BCUT2D eigenvalue weighted by Gasteiger charge is -2.49. The van der Waals surface area contributed by atoms with Gasteiger partial charge in [0.1, 0.15) is 0 Å². The van der Waals surface area contributed by atoms with Crippen LogP contribution < -0.4 is 0 Å². The third kappa shape index (κ3) is 2.57. The quantitative estimate of drug-likeness (QED) is 0.563. The average Bonchev–Trinajstić information content (AvgIpc) is 1.79. The first-order chi connectivity index (χ1) is 5.68. The van der Waals surface area contributed by atoms with E-state index in [1.807, 2.05) is 6.08 Å². The molecule has 0 aromatic carbocycles. The van der Waals surface area contributed by atoms with Gasteiger partial charge in [0.15, 0.2) is 0 Å². The fraction of sp³-hybridized carbons (Fsp3) is 0.833. The van der Waals surface area contributed by atoms with E-state index in [2.05, 4.69) is 41.2 Å². The summed E-state index contributed by atoms with van der Waals surface area (Å²) in [4.78, 5) is 0. The fourth-order valence-corrected chi connectivity index (χ4v) is 2.98. The maximum Gasteiger partial charge on any atom is 0.0844 e. The van der Waals surface area contributed by atoms with Crippen molar-refractivity contribution in [2.24, 2.45) is 5.41 Å². The first-order valence-corrected chi connectivity index (χ1v) is 5.02. The molecule has 1 aliphatic rings. The summed E-state index contributed by atoms with van der Waals surface area (Å²) in [7, 11) is 0. The largest absolute Gasteiger partial charge is 0.365 e. The van der Waals surface area contributed by atoms with Crippen LogP contribution in [0.3, 0.4) is 0 Å². The van der Waals surface area contributed by atoms with Crippen LogP contribution in [-0.2, 0) is 4.74 Å². The van der Waals surface area contributed by atoms with Crippen molar-refractivity contribution in [1.29, 1.82) is 0 Å². The lowest BCUT2D eigenvalue weighted by atomic mass is 9.71. The molecule has 0 bridgehead atoms. The van der Waals surface area contributed by atoms with Gasteiger partial charge < -0.3 is 4.74 Å². The summed E-state index contributed by atoms with van der Waals surface area (Å²) in [6.07, 6.45) is 4.12. The molecule has 1 fully saturated rings. The molecule has 1 heteroatoms. The van der Waals surface area contributed by atoms with E-state index in [9.17, 15) is 0 Å². The van der Waals surface area contributed by atoms with E-state index >= 15 is 0 Å². The van der Waals surface area contributed by atoms with Gasteiger partial charge in [-0.15, -0.1) is 6.58 Å². The van der Waals surface area contributed by atoms with Gasteiger partial charge in [-0.05, 0) is 39.0 Å². The second-order valence-electron chi connectivity index (χ2n) is 5.90. The molecule has 0 aromatic rings. The Labute approximate surface area is 82.2 Å². The summed E-state index contributed by atoms with van der Waals surface area (Å²) < 4.78 is 6.03. The van der Waals surface area contributed by atoms with Crippen LogP contribution in [0.1, 0.15) is 47.5 Å². The topological polar surface area (TPSA) is 9.23 Å². The number of ether oxygens (including phenoxy) is 1. The molecule has 0 aliphatic carbocycles. The minimum atomic E-state index is -0.148. The number of rotatable bonds is 1. The van der Waals surface area contributed by atoms with E-state index in [4.69, 9.17) is 4.74 Å². The van der Waals surface area contributed by atoms with E-state index in [0.29, 0.717) is 5.41 Å². The Morgan fingerprint density at radius 3 is 2.00 bits per heavy atom. The van der Waals surface area contributed by atoms with Crippen molar-refractivity contribution in [1.82, 2.24) is 0 Å². The Hall–Kier alpha value is -0.300. The van der Waals surface area contributed by atoms with Gasteiger partial charge in [0.25, 0.3) is 0 Å². The highest BCUT2D eigenvalue weighted by molar-refractivity contribution is 5.03. The molecule has 1 saturated heterocycles. The van der Waals surface area contributed by atoms with Gasteiger partial charge in [-0.3, -0.25) is 0 Å². The third-order valence-electron chi connectivity index (χ3n) is 2.68. The van der Waals surface area contributed by atoms with Gasteiger partial charge in [0, 0.05) is 0 Å². The standard InChI is InChI=1S/C12H22O/c1-7-12(6)9-10(2,3)8-11(4,5)13-12/h7H,1,8-9H2,2-6H3. The van der Waals surface area contributed by atoms with Gasteiger partial charge >= 0.3 is 0 Å². The number of hydrogen-bond acceptors (Lipinski definition) is 1. The van der Waals surface area contributed by atoms with E-state index in [1.165, 1.54) is 0 Å². The molecular weight excluding hydrogens is 160 g/mol. The highest BCUT2D eigenvalue weighted by atomic mass is 16.5. The Kier molecular flexibility index (Phi) is 2.36. The van der Waals surface area contributed by atoms with Gasteiger partial charge in [0.05, 0.1) is 11.2 Å². The zero-order valence-electron chi connectivity index (χ0n) is 9.61. The minimum absolute atomic E-state index is 0.0231. The summed E-state index contributed by atoms with van der Waals surface area (Å²) in [6.45, 7) is 14.9. The van der Waals surface area contributed by atoms with Crippen LogP contribution in [0.4, 0.5) is 0 Å². The molecule has 76 valence electrons. The van der Waals surface area contributed by atoms with Crippen molar-refractivity contribution in [3.63, 3.8) is 0 Å². The predicted molar refractivity (Wildman–Crippen MR) is 56.8 cm³/mol. The van der Waals surface area contributed by atoms with Crippen LogP contribution in [0, 0.1) is 5.41 Å². The molecule has 1 heterocycles. The first-order valence-electron chi connectivity index (χ1n) is 5.02. The molecule has 1 atom stereocenters. The van der Waals surface area contributed by atoms with Crippen LogP contribution in [0.15, 0.2) is 12.7 Å². The van der Waals surface area contributed by atoms with Crippen molar-refractivity contribution >= 4 is 0 Å². The molecular formula is C12H22O. The molecule has 13 heavy (non-hydrogen) atoms. The summed E-state index contributed by atoms with van der Waals surface area (Å²) in [5.41, 5.74) is 0.181. The monoisotopic (exact) mass is 182 g/mol. The molecule has 0 N–H and O–H groups in total. The zero-order valence-corrected chi connectivity index (χ0v) is 9.61. The van der Waals surface area contributed by atoms with E-state index in [-0.39, 0.29) is 11.2 Å². The van der Waals surface area contributed by atoms with Crippen LogP contribution in [0.2, 0.25) is 0 Å². The van der Waals surface area contributed by atoms with Gasteiger partial charge in [-0.25, -0.2) is 0 Å². The summed E-state index contributed by atoms with van der Waals surface area (Å²) in [5, 5.41) is 0. The minimum Gasteiger partial charge on any atom is -0.365 e. The van der Waals surface area contributed by atoms with E-state index in [0.717, 1.165) is 12.8 Å². The molecule has 1 nitrogen and oxygen atoms in total. The molecule has 1 unspecified atom stereocenters. The maximum atomic E-state index is 6.03. The van der Waals surface area contributed by atoms with Crippen molar-refractivity contribution in [2.75, 3.05) is 0 Å². The van der Waals surface area contributed by atoms with Crippen LogP contribution in [0.5, 0.6) is 0 Å². The summed E-state index contributed by atoms with van der Waals surface area (Å²) in [5.74, 6) is 0. The second-order valence-corrected chi connectivity index (χ2v) is 5.90. The normalized spacial score (nSPS) is 37.0. The lowest BCUT2D eigenvalue weighted by molar-refractivity contribution is -0.175. The Morgan fingerprint density at radius 2 is 1.62 bits per heavy atom. The van der Waals surface area contributed by atoms with Crippen molar-refractivity contribution in [3.8, 4) is 0 Å². The smallest absolute Gasteiger partial charge is 0.0844 e. The van der Waals surface area contributed by atoms with Gasteiger partial charge in [-0.2, -0.15) is 0 Å². The highest BCUT2D eigenvalue weighted by Crippen LogP contribution is 2.45. The van der Waals surface area contributed by atoms with Crippen molar-refractivity contribution in [3.05, 3.63) is 12.7 Å². The predicted octanol–water partition coefficient (Wildman–Crippen LogP) is 3.55. The van der Waals surface area contributed by atoms with Crippen LogP contribution >= 0.6 is 0 Å². The van der Waals surface area contributed by atoms with Crippen LogP contribution in [0.25, 0.3) is 0 Å². The lowest BCUT2D eigenvalue weighted by Crippen LogP contribution is -2.48. The SMILES string of the molecule is C=CC1(C)CC(C)(C)CC(C)(C)O1. The van der Waals surface area contributed by atoms with Crippen LogP contribution in [-0.4, -0.2) is 11.2 Å². The summed E-state index contributed by atoms with van der Waals surface area (Å²) in [6, 6.07) is 0. The zero-order chi connectivity index (χ0) is 10.3. The highest BCUT2D eigenvalue weighted by Gasteiger charge is 2.44. The Bertz CT molecular complexity index is 197. The third-order valence-corrected chi connectivity index (χ3v) is 2.68. The molecule has 0 spiro atoms. The van der Waals surface area contributed by atoms with E-state index < -0.39 is 0 Å². The molecule has 0 aromatic heterocycles. The number of hydrogen-bond donors (Lipinski definition) is 0. The molecule has 1 aliphatic heterocycles. The van der Waals surface area contributed by atoms with Crippen molar-refractivity contribution in [2.45, 2.75) is 58.7 Å². The van der Waals surface area contributed by atoms with E-state index in [1.54, 1.807) is 0 Å². The first kappa shape index (κ1) is 10.8.